The summed E-state index contributed by atoms with van der Waals surface area (Å²) in [4.78, 5) is 12.2. The molecule has 0 aliphatic rings. The third kappa shape index (κ3) is 3.76. The van der Waals surface area contributed by atoms with E-state index >= 15 is 0 Å². The Morgan fingerprint density at radius 3 is 2.28 bits per heavy atom. The summed E-state index contributed by atoms with van der Waals surface area (Å²) in [5, 5.41) is 3.09. The molecule has 0 fully saturated rings. The molecule has 0 unspecified atom stereocenters. The van der Waals surface area contributed by atoms with Gasteiger partial charge in [-0.1, -0.05) is 33.8 Å². The second kappa shape index (κ2) is 6.43. The lowest BCUT2D eigenvalue weighted by molar-refractivity contribution is 0.0910. The lowest BCUT2D eigenvalue weighted by atomic mass is 9.93. The Bertz CT molecular complexity index is 391. The molecule has 100 valence electrons. The van der Waals surface area contributed by atoms with Crippen LogP contribution in [0.3, 0.4) is 0 Å². The van der Waals surface area contributed by atoms with Crippen LogP contribution < -0.4 is 10.1 Å². The van der Waals surface area contributed by atoms with Crippen molar-refractivity contribution in [3.8, 4) is 5.75 Å². The molecule has 0 saturated heterocycles. The number of benzene rings is 1. The van der Waals surface area contributed by atoms with Crippen molar-refractivity contribution in [2.75, 3.05) is 7.11 Å². The van der Waals surface area contributed by atoms with Gasteiger partial charge in [-0.25, -0.2) is 0 Å². The summed E-state index contributed by atoms with van der Waals surface area (Å²) in [6.45, 7) is 8.49. The number of hydrogen-bond donors (Lipinski definition) is 1. The molecule has 3 nitrogen and oxygen atoms in total. The van der Waals surface area contributed by atoms with Crippen LogP contribution in [0, 0.1) is 11.8 Å². The molecule has 3 heteroatoms. The number of carbonyl (C=O) groups excluding carboxylic acids is 1. The van der Waals surface area contributed by atoms with Crippen LogP contribution in [-0.4, -0.2) is 19.1 Å². The minimum atomic E-state index is -0.0405. The van der Waals surface area contributed by atoms with Gasteiger partial charge in [0.1, 0.15) is 5.75 Å². The van der Waals surface area contributed by atoms with Gasteiger partial charge >= 0.3 is 0 Å². The number of nitrogens with one attached hydrogen (secondary N) is 1. The summed E-state index contributed by atoms with van der Waals surface area (Å²) in [6.07, 6.45) is 0. The van der Waals surface area contributed by atoms with Crippen LogP contribution in [0.4, 0.5) is 0 Å². The highest BCUT2D eigenvalue weighted by molar-refractivity contribution is 5.94. The van der Waals surface area contributed by atoms with E-state index in [2.05, 4.69) is 33.0 Å². The average Bonchev–Trinajstić information content (AvgIpc) is 2.34. The van der Waals surface area contributed by atoms with Gasteiger partial charge in [-0.15, -0.1) is 0 Å². The molecule has 0 radical (unpaired) electrons. The Hall–Kier alpha value is -1.51. The van der Waals surface area contributed by atoms with Crippen LogP contribution in [0.15, 0.2) is 24.3 Å². The number of hydrogen-bond acceptors (Lipinski definition) is 2. The number of methoxy groups -OCH3 is 1. The van der Waals surface area contributed by atoms with Crippen LogP contribution in [0.5, 0.6) is 5.75 Å². The zero-order valence-corrected chi connectivity index (χ0v) is 11.9. The molecule has 1 rings (SSSR count). The van der Waals surface area contributed by atoms with Crippen molar-refractivity contribution in [1.82, 2.24) is 5.32 Å². The van der Waals surface area contributed by atoms with E-state index < -0.39 is 0 Å². The standard InChI is InChI=1S/C15H23NO2/c1-10(2)14(11(3)4)16-15(17)12-7-6-8-13(9-12)18-5/h6-11,14H,1-5H3,(H,16,17). The van der Waals surface area contributed by atoms with Gasteiger partial charge in [-0.05, 0) is 30.0 Å². The van der Waals surface area contributed by atoms with Crippen molar-refractivity contribution in [3.63, 3.8) is 0 Å². The van der Waals surface area contributed by atoms with Crippen molar-refractivity contribution < 1.29 is 9.53 Å². The van der Waals surface area contributed by atoms with Crippen molar-refractivity contribution in [2.45, 2.75) is 33.7 Å². The van der Waals surface area contributed by atoms with Gasteiger partial charge in [0, 0.05) is 11.6 Å². The molecule has 1 aromatic rings. The van der Waals surface area contributed by atoms with E-state index in [-0.39, 0.29) is 11.9 Å². The van der Waals surface area contributed by atoms with Gasteiger partial charge in [0.25, 0.3) is 5.91 Å². The highest BCUT2D eigenvalue weighted by Gasteiger charge is 2.20. The van der Waals surface area contributed by atoms with Crippen molar-refractivity contribution in [2.24, 2.45) is 11.8 Å². The van der Waals surface area contributed by atoms with Gasteiger partial charge in [0.2, 0.25) is 0 Å². The molecule has 0 bridgehead atoms. The summed E-state index contributed by atoms with van der Waals surface area (Å²) >= 11 is 0. The Labute approximate surface area is 110 Å². The minimum Gasteiger partial charge on any atom is -0.497 e. The van der Waals surface area contributed by atoms with Gasteiger partial charge in [0.05, 0.1) is 7.11 Å². The first kappa shape index (κ1) is 14.6. The Balaban J connectivity index is 2.80. The molecule has 0 heterocycles. The van der Waals surface area contributed by atoms with E-state index in [1.807, 2.05) is 12.1 Å². The molecular weight excluding hydrogens is 226 g/mol. The number of rotatable bonds is 5. The third-order valence-electron chi connectivity index (χ3n) is 3.07. The number of ether oxygens (including phenoxy) is 1. The monoisotopic (exact) mass is 249 g/mol. The topological polar surface area (TPSA) is 38.3 Å². The van der Waals surface area contributed by atoms with E-state index in [0.717, 1.165) is 0 Å². The number of carbonyl (C=O) groups is 1. The van der Waals surface area contributed by atoms with Gasteiger partial charge in [-0.3, -0.25) is 4.79 Å². The average molecular weight is 249 g/mol. The molecule has 0 aliphatic carbocycles. The Morgan fingerprint density at radius 2 is 1.78 bits per heavy atom. The van der Waals surface area contributed by atoms with Crippen LogP contribution in [-0.2, 0) is 0 Å². The van der Waals surface area contributed by atoms with Crippen LogP contribution in [0.25, 0.3) is 0 Å². The zero-order valence-electron chi connectivity index (χ0n) is 11.9. The maximum Gasteiger partial charge on any atom is 0.251 e. The fraction of sp³-hybridized carbons (Fsp3) is 0.533. The van der Waals surface area contributed by atoms with Gasteiger partial charge < -0.3 is 10.1 Å². The van der Waals surface area contributed by atoms with Crippen molar-refractivity contribution in [1.29, 1.82) is 0 Å². The van der Waals surface area contributed by atoms with Crippen LogP contribution in [0.2, 0.25) is 0 Å². The second-order valence-electron chi connectivity index (χ2n) is 5.22. The molecule has 0 spiro atoms. The highest BCUT2D eigenvalue weighted by atomic mass is 16.5. The lowest BCUT2D eigenvalue weighted by Crippen LogP contribution is -2.42. The molecule has 18 heavy (non-hydrogen) atoms. The van der Waals surface area contributed by atoms with Crippen molar-refractivity contribution in [3.05, 3.63) is 29.8 Å². The zero-order chi connectivity index (χ0) is 13.7. The molecule has 0 atom stereocenters. The number of amides is 1. The predicted octanol–water partition coefficient (Wildman–Crippen LogP) is 3.11. The summed E-state index contributed by atoms with van der Waals surface area (Å²) in [6, 6.07) is 7.40. The fourth-order valence-corrected chi connectivity index (χ4v) is 2.10. The first-order valence-electron chi connectivity index (χ1n) is 6.40. The molecule has 0 saturated carbocycles. The van der Waals surface area contributed by atoms with Crippen molar-refractivity contribution >= 4 is 5.91 Å². The summed E-state index contributed by atoms with van der Waals surface area (Å²) < 4.78 is 5.12. The van der Waals surface area contributed by atoms with E-state index in [1.54, 1.807) is 19.2 Å². The maximum absolute atomic E-state index is 12.2. The van der Waals surface area contributed by atoms with E-state index in [1.165, 1.54) is 0 Å². The highest BCUT2D eigenvalue weighted by Crippen LogP contribution is 2.15. The summed E-state index contributed by atoms with van der Waals surface area (Å²) in [5.74, 6) is 1.49. The first-order valence-corrected chi connectivity index (χ1v) is 6.40. The van der Waals surface area contributed by atoms with Crippen LogP contribution >= 0.6 is 0 Å². The fourth-order valence-electron chi connectivity index (χ4n) is 2.10. The SMILES string of the molecule is COc1cccc(C(=O)NC(C(C)C)C(C)C)c1. The molecule has 0 aliphatic heterocycles. The summed E-state index contributed by atoms with van der Waals surface area (Å²) in [5.41, 5.74) is 0.639. The molecule has 0 aromatic heterocycles. The lowest BCUT2D eigenvalue weighted by Gasteiger charge is -2.26. The van der Waals surface area contributed by atoms with E-state index in [0.29, 0.717) is 23.1 Å². The Morgan fingerprint density at radius 1 is 1.17 bits per heavy atom. The molecule has 1 aromatic carbocycles. The molecular formula is C15H23NO2. The van der Waals surface area contributed by atoms with Gasteiger partial charge in [0.15, 0.2) is 0 Å². The normalized spacial score (nSPS) is 11.1. The third-order valence-corrected chi connectivity index (χ3v) is 3.07. The maximum atomic E-state index is 12.2. The molecule has 1 amide bonds. The van der Waals surface area contributed by atoms with Crippen LogP contribution in [0.1, 0.15) is 38.1 Å². The van der Waals surface area contributed by atoms with E-state index in [4.69, 9.17) is 4.74 Å². The summed E-state index contributed by atoms with van der Waals surface area (Å²) in [7, 11) is 1.60. The first-order chi connectivity index (χ1) is 8.45. The second-order valence-corrected chi connectivity index (χ2v) is 5.22. The quantitative estimate of drug-likeness (QED) is 0.870. The van der Waals surface area contributed by atoms with Gasteiger partial charge in [-0.2, -0.15) is 0 Å². The Kier molecular flexibility index (Phi) is 5.20. The molecule has 1 N–H and O–H groups in total. The smallest absolute Gasteiger partial charge is 0.251 e. The predicted molar refractivity (Wildman–Crippen MR) is 73.9 cm³/mol. The largest absolute Gasteiger partial charge is 0.497 e. The minimum absolute atomic E-state index is 0.0405. The van der Waals surface area contributed by atoms with E-state index in [9.17, 15) is 4.79 Å².